The number of rotatable bonds is 11. The molecular formula is C20H28N2O2. The molecule has 130 valence electrons. The Morgan fingerprint density at radius 2 is 2.12 bits per heavy atom. The number of ether oxygens (including phenoxy) is 2. The van der Waals surface area contributed by atoms with Crippen molar-refractivity contribution in [2.75, 3.05) is 32.2 Å². The number of pyridine rings is 1. The van der Waals surface area contributed by atoms with Crippen LogP contribution in [0.1, 0.15) is 26.0 Å². The minimum atomic E-state index is 0.611. The normalized spacial score (nSPS) is 12.5. The second-order valence-corrected chi connectivity index (χ2v) is 4.98. The third-order valence-corrected chi connectivity index (χ3v) is 3.23. The number of allylic oxidation sites excluding steroid dienone is 6. The van der Waals surface area contributed by atoms with Crippen LogP contribution < -0.4 is 5.32 Å². The molecule has 1 rings (SSSR count). The third-order valence-electron chi connectivity index (χ3n) is 3.23. The fourth-order valence-corrected chi connectivity index (χ4v) is 1.96. The fourth-order valence-electron chi connectivity index (χ4n) is 1.96. The monoisotopic (exact) mass is 328 g/mol. The van der Waals surface area contributed by atoms with E-state index >= 15 is 0 Å². The van der Waals surface area contributed by atoms with Crippen molar-refractivity contribution in [3.8, 4) is 0 Å². The van der Waals surface area contributed by atoms with Gasteiger partial charge >= 0.3 is 0 Å². The van der Waals surface area contributed by atoms with Gasteiger partial charge in [-0.2, -0.15) is 0 Å². The Balaban J connectivity index is 2.78. The lowest BCUT2D eigenvalue weighted by molar-refractivity contribution is 0.118. The number of hydrogen-bond acceptors (Lipinski definition) is 4. The lowest BCUT2D eigenvalue weighted by Crippen LogP contribution is -2.00. The summed E-state index contributed by atoms with van der Waals surface area (Å²) < 4.78 is 11.0. The minimum absolute atomic E-state index is 0.611. The van der Waals surface area contributed by atoms with Gasteiger partial charge in [-0.05, 0) is 49.8 Å². The smallest absolute Gasteiger partial charge is 0.118 e. The Labute approximate surface area is 145 Å². The lowest BCUT2D eigenvalue weighted by atomic mass is 10.1. The van der Waals surface area contributed by atoms with Crippen molar-refractivity contribution in [3.05, 3.63) is 66.7 Å². The molecule has 0 radical (unpaired) electrons. The van der Waals surface area contributed by atoms with Crippen LogP contribution in [0.4, 0.5) is 5.69 Å². The van der Waals surface area contributed by atoms with Crippen molar-refractivity contribution >= 4 is 11.3 Å². The van der Waals surface area contributed by atoms with Crippen LogP contribution in [-0.4, -0.2) is 31.9 Å². The van der Waals surface area contributed by atoms with Crippen LogP contribution in [0.15, 0.2) is 61.0 Å². The van der Waals surface area contributed by atoms with E-state index in [2.05, 4.69) is 16.9 Å². The molecule has 0 bridgehead atoms. The largest absolute Gasteiger partial charge is 0.494 e. The first-order valence-electron chi connectivity index (χ1n) is 8.27. The average Bonchev–Trinajstić information content (AvgIpc) is 2.63. The highest BCUT2D eigenvalue weighted by Crippen LogP contribution is 2.16. The maximum absolute atomic E-state index is 5.70. The highest BCUT2D eigenvalue weighted by molar-refractivity contribution is 5.73. The summed E-state index contributed by atoms with van der Waals surface area (Å²) in [5.41, 5.74) is 2.90. The Morgan fingerprint density at radius 3 is 2.71 bits per heavy atom. The molecule has 1 N–H and O–H groups in total. The molecule has 0 aliphatic heterocycles. The standard InChI is InChI=1S/C20H28N2O2/c1-5-9-17(20-13-11-18(21-4)16-22-20)10-12-19(6-2)24-15-8-14-23-7-3/h5-6,9-13,16,21H,2,7-8,14-15H2,1,3-4H3/b9-5-,17-10+,19-12+. The molecule has 0 fully saturated rings. The fraction of sp³-hybridized carbons (Fsp3) is 0.350. The van der Waals surface area contributed by atoms with Crippen LogP contribution in [0.25, 0.3) is 5.57 Å². The van der Waals surface area contributed by atoms with Gasteiger partial charge in [0.15, 0.2) is 0 Å². The van der Waals surface area contributed by atoms with Gasteiger partial charge in [0.25, 0.3) is 0 Å². The molecule has 1 aromatic heterocycles. The topological polar surface area (TPSA) is 43.4 Å². The van der Waals surface area contributed by atoms with Gasteiger partial charge < -0.3 is 14.8 Å². The zero-order valence-corrected chi connectivity index (χ0v) is 14.9. The quantitative estimate of drug-likeness (QED) is 0.366. The predicted molar refractivity (Wildman–Crippen MR) is 102 cm³/mol. The number of nitrogens with zero attached hydrogens (tertiary/aromatic N) is 1. The van der Waals surface area contributed by atoms with E-state index in [9.17, 15) is 0 Å². The Kier molecular flexibility index (Phi) is 9.97. The molecule has 1 aromatic rings. The van der Waals surface area contributed by atoms with Gasteiger partial charge in [0.1, 0.15) is 5.76 Å². The summed E-state index contributed by atoms with van der Waals surface area (Å²) in [6, 6.07) is 3.99. The Morgan fingerprint density at radius 1 is 1.29 bits per heavy atom. The van der Waals surface area contributed by atoms with E-state index in [-0.39, 0.29) is 0 Å². The second kappa shape index (κ2) is 12.1. The summed E-state index contributed by atoms with van der Waals surface area (Å²) in [7, 11) is 1.88. The van der Waals surface area contributed by atoms with Crippen LogP contribution in [-0.2, 0) is 9.47 Å². The molecule has 0 unspecified atom stereocenters. The zero-order valence-electron chi connectivity index (χ0n) is 14.9. The van der Waals surface area contributed by atoms with Gasteiger partial charge in [-0.25, -0.2) is 0 Å². The first kappa shape index (κ1) is 19.7. The average molecular weight is 328 g/mol. The van der Waals surface area contributed by atoms with Crippen LogP contribution in [0.3, 0.4) is 0 Å². The summed E-state index contributed by atoms with van der Waals surface area (Å²) >= 11 is 0. The second-order valence-electron chi connectivity index (χ2n) is 4.98. The van der Waals surface area contributed by atoms with Crippen molar-refractivity contribution in [2.45, 2.75) is 20.3 Å². The van der Waals surface area contributed by atoms with Crippen LogP contribution in [0.5, 0.6) is 0 Å². The zero-order chi connectivity index (χ0) is 17.6. The molecule has 0 saturated carbocycles. The minimum Gasteiger partial charge on any atom is -0.494 e. The molecule has 1 heterocycles. The molecule has 0 atom stereocenters. The van der Waals surface area contributed by atoms with E-state index in [1.54, 1.807) is 6.08 Å². The molecule has 0 aromatic carbocycles. The molecular weight excluding hydrogens is 300 g/mol. The number of aromatic nitrogens is 1. The number of nitrogens with one attached hydrogen (secondary N) is 1. The lowest BCUT2D eigenvalue weighted by Gasteiger charge is -2.07. The Hall–Kier alpha value is -2.33. The van der Waals surface area contributed by atoms with Crippen LogP contribution in [0, 0.1) is 0 Å². The van der Waals surface area contributed by atoms with E-state index in [0.29, 0.717) is 13.2 Å². The molecule has 0 spiro atoms. The predicted octanol–water partition coefficient (Wildman–Crippen LogP) is 4.60. The summed E-state index contributed by atoms with van der Waals surface area (Å²) in [4.78, 5) is 4.47. The van der Waals surface area contributed by atoms with Gasteiger partial charge in [-0.3, -0.25) is 4.98 Å². The SMILES string of the molecule is C=C\C(=C/C=C(\C=C/C)c1ccc(NC)cn1)OCCCOCC. The van der Waals surface area contributed by atoms with Crippen molar-refractivity contribution in [1.29, 1.82) is 0 Å². The van der Waals surface area contributed by atoms with Crippen LogP contribution >= 0.6 is 0 Å². The third kappa shape index (κ3) is 7.29. The number of hydrogen-bond donors (Lipinski definition) is 1. The summed E-state index contributed by atoms with van der Waals surface area (Å²) in [6.45, 7) is 9.83. The molecule has 0 saturated heterocycles. The first-order valence-corrected chi connectivity index (χ1v) is 8.27. The molecule has 4 heteroatoms. The van der Waals surface area contributed by atoms with E-state index in [1.807, 2.05) is 63.5 Å². The van der Waals surface area contributed by atoms with Gasteiger partial charge in [0.2, 0.25) is 0 Å². The highest BCUT2D eigenvalue weighted by Gasteiger charge is 2.00. The van der Waals surface area contributed by atoms with Gasteiger partial charge in [-0.15, -0.1) is 0 Å². The summed E-state index contributed by atoms with van der Waals surface area (Å²) in [5, 5.41) is 3.07. The van der Waals surface area contributed by atoms with Crippen molar-refractivity contribution in [2.24, 2.45) is 0 Å². The molecule has 0 aliphatic carbocycles. The van der Waals surface area contributed by atoms with Crippen LogP contribution in [0.2, 0.25) is 0 Å². The highest BCUT2D eigenvalue weighted by atomic mass is 16.5. The van der Waals surface area contributed by atoms with Crippen molar-refractivity contribution in [3.63, 3.8) is 0 Å². The first-order chi connectivity index (χ1) is 11.7. The van der Waals surface area contributed by atoms with E-state index in [4.69, 9.17) is 9.47 Å². The van der Waals surface area contributed by atoms with Gasteiger partial charge in [0.05, 0.1) is 24.2 Å². The maximum atomic E-state index is 5.70. The van der Waals surface area contributed by atoms with E-state index in [1.165, 1.54) is 0 Å². The maximum Gasteiger partial charge on any atom is 0.118 e. The van der Waals surface area contributed by atoms with E-state index < -0.39 is 0 Å². The summed E-state index contributed by atoms with van der Waals surface area (Å²) in [5.74, 6) is 0.736. The molecule has 0 amide bonds. The molecule has 0 aliphatic rings. The van der Waals surface area contributed by atoms with E-state index in [0.717, 1.165) is 35.7 Å². The molecule has 24 heavy (non-hydrogen) atoms. The van der Waals surface area contributed by atoms with Gasteiger partial charge in [-0.1, -0.05) is 18.7 Å². The summed E-state index contributed by atoms with van der Waals surface area (Å²) in [6.07, 6.45) is 12.3. The number of anilines is 1. The Bertz CT molecular complexity index is 572. The van der Waals surface area contributed by atoms with Crippen molar-refractivity contribution < 1.29 is 9.47 Å². The molecule has 4 nitrogen and oxygen atoms in total. The van der Waals surface area contributed by atoms with Gasteiger partial charge in [0, 0.05) is 26.7 Å². The van der Waals surface area contributed by atoms with Crippen molar-refractivity contribution in [1.82, 2.24) is 4.98 Å².